The van der Waals surface area contributed by atoms with Crippen molar-refractivity contribution in [1.82, 2.24) is 9.88 Å². The molecule has 11 heteroatoms. The van der Waals surface area contributed by atoms with Gasteiger partial charge in [-0.15, -0.1) is 11.3 Å². The quantitative estimate of drug-likeness (QED) is 0.156. The molecular formula is C35H37ClFN5O3S. The first-order valence-electron chi connectivity index (χ1n) is 14.6. The van der Waals surface area contributed by atoms with Crippen molar-refractivity contribution >= 4 is 44.7 Å². The number of hydrogen-bond donors (Lipinski definition) is 2. The Bertz CT molecular complexity index is 1790. The van der Waals surface area contributed by atoms with E-state index in [1.54, 1.807) is 36.5 Å². The van der Waals surface area contributed by atoms with Crippen LogP contribution in [-0.4, -0.2) is 67.5 Å². The highest BCUT2D eigenvalue weighted by atomic mass is 35.5. The van der Waals surface area contributed by atoms with Gasteiger partial charge in [0.1, 0.15) is 12.2 Å². The number of benzene rings is 3. The van der Waals surface area contributed by atoms with Gasteiger partial charge in [0.15, 0.2) is 11.6 Å². The number of likely N-dealkylation sites (N-methyl/N-ethyl adjacent to an activating group) is 2. The summed E-state index contributed by atoms with van der Waals surface area (Å²) in [5.41, 5.74) is 3.89. The molecule has 8 nitrogen and oxygen atoms in total. The summed E-state index contributed by atoms with van der Waals surface area (Å²) in [5.74, 6) is -1.18. The standard InChI is InChI=1S/C35H36FN5O3S.ClH/c1-40(18-19-41(2,3)4)23-24-10-12-25(13-11-24)32-21-29-35(45-32)31(16-17-37-29)44-30-15-14-27(20-28(30)36)39-34(43)22-33(42)38-26-8-6-5-7-9-26;/h5-17,20-21H,18-19,22-23H2,1-4H3,(H-,38,39,42,43);1H. The summed E-state index contributed by atoms with van der Waals surface area (Å²) in [6.45, 7) is 2.97. The third kappa shape index (κ3) is 9.58. The number of anilines is 2. The lowest BCUT2D eigenvalue weighted by molar-refractivity contribution is -0.869. The first kappa shape index (κ1) is 34.5. The molecule has 0 bridgehead atoms. The van der Waals surface area contributed by atoms with Crippen LogP contribution in [-0.2, 0) is 16.1 Å². The number of carbonyl (C=O) groups excluding carboxylic acids is 2. The Balaban J connectivity index is 0.00000480. The highest BCUT2D eigenvalue weighted by molar-refractivity contribution is 7.22. The van der Waals surface area contributed by atoms with Crippen LogP contribution in [0.3, 0.4) is 0 Å². The second-order valence-electron chi connectivity index (χ2n) is 12.0. The summed E-state index contributed by atoms with van der Waals surface area (Å²) in [7, 11) is 8.74. The molecule has 2 heterocycles. The van der Waals surface area contributed by atoms with Gasteiger partial charge in [-0.25, -0.2) is 4.39 Å². The third-order valence-corrected chi connectivity index (χ3v) is 8.22. The molecule has 5 aromatic rings. The molecule has 0 radical (unpaired) electrons. The molecule has 46 heavy (non-hydrogen) atoms. The van der Waals surface area contributed by atoms with Gasteiger partial charge >= 0.3 is 0 Å². The van der Waals surface area contributed by atoms with Crippen molar-refractivity contribution in [2.75, 3.05) is 51.9 Å². The zero-order valence-electron chi connectivity index (χ0n) is 26.2. The molecule has 5 rings (SSSR count). The minimum atomic E-state index is -0.648. The maximum atomic E-state index is 15.1. The normalized spacial score (nSPS) is 11.3. The van der Waals surface area contributed by atoms with Gasteiger partial charge < -0.3 is 32.3 Å². The van der Waals surface area contributed by atoms with E-state index in [9.17, 15) is 9.59 Å². The van der Waals surface area contributed by atoms with Gasteiger partial charge in [-0.1, -0.05) is 42.5 Å². The Hall–Kier alpha value is -4.35. The van der Waals surface area contributed by atoms with Crippen molar-refractivity contribution in [2.24, 2.45) is 0 Å². The maximum absolute atomic E-state index is 15.1. The van der Waals surface area contributed by atoms with Crippen LogP contribution in [0.2, 0.25) is 0 Å². The molecule has 0 aliphatic carbocycles. The number of rotatable bonds is 12. The molecule has 3 aromatic carbocycles. The lowest BCUT2D eigenvalue weighted by Gasteiger charge is -2.27. The summed E-state index contributed by atoms with van der Waals surface area (Å²) < 4.78 is 22.8. The predicted molar refractivity (Wildman–Crippen MR) is 179 cm³/mol. The number of nitrogens with zero attached hydrogens (tertiary/aromatic N) is 3. The second kappa shape index (κ2) is 15.3. The van der Waals surface area contributed by atoms with Crippen LogP contribution >= 0.6 is 11.3 Å². The van der Waals surface area contributed by atoms with E-state index in [0.29, 0.717) is 11.4 Å². The Kier molecular flexibility index (Phi) is 11.5. The van der Waals surface area contributed by atoms with Crippen molar-refractivity contribution in [3.05, 3.63) is 103 Å². The van der Waals surface area contributed by atoms with Crippen molar-refractivity contribution in [1.29, 1.82) is 0 Å². The van der Waals surface area contributed by atoms with Crippen LogP contribution in [0.25, 0.3) is 20.7 Å². The van der Waals surface area contributed by atoms with Crippen LogP contribution in [0, 0.1) is 5.82 Å². The number of hydrogen-bond acceptors (Lipinski definition) is 6. The van der Waals surface area contributed by atoms with Crippen LogP contribution in [0.5, 0.6) is 11.5 Å². The van der Waals surface area contributed by atoms with Crippen molar-refractivity contribution < 1.29 is 35.6 Å². The number of fused-ring (bicyclic) bond motifs is 1. The van der Waals surface area contributed by atoms with E-state index >= 15 is 4.39 Å². The summed E-state index contributed by atoms with van der Waals surface area (Å²) in [4.78, 5) is 32.4. The predicted octanol–water partition coefficient (Wildman–Crippen LogP) is 4.00. The fraction of sp³-hybridized carbons (Fsp3) is 0.229. The van der Waals surface area contributed by atoms with E-state index in [2.05, 4.69) is 73.0 Å². The van der Waals surface area contributed by atoms with Gasteiger partial charge in [0.25, 0.3) is 0 Å². The highest BCUT2D eigenvalue weighted by Crippen LogP contribution is 2.39. The molecule has 2 N–H and O–H groups in total. The molecule has 0 fully saturated rings. The minimum Gasteiger partial charge on any atom is -1.00 e. The molecule has 0 spiro atoms. The van der Waals surface area contributed by atoms with Gasteiger partial charge in [-0.2, -0.15) is 0 Å². The van der Waals surface area contributed by atoms with Crippen LogP contribution in [0.1, 0.15) is 12.0 Å². The molecule has 2 amide bonds. The Morgan fingerprint density at radius 1 is 0.891 bits per heavy atom. The minimum absolute atomic E-state index is 0. The van der Waals surface area contributed by atoms with E-state index in [1.165, 1.54) is 35.1 Å². The van der Waals surface area contributed by atoms with Gasteiger partial charge in [0, 0.05) is 47.7 Å². The Labute approximate surface area is 278 Å². The molecule has 2 aromatic heterocycles. The first-order valence-corrected chi connectivity index (χ1v) is 15.4. The van der Waals surface area contributed by atoms with Crippen LogP contribution in [0.4, 0.5) is 15.8 Å². The van der Waals surface area contributed by atoms with E-state index in [1.807, 2.05) is 12.1 Å². The lowest BCUT2D eigenvalue weighted by atomic mass is 10.1. The molecular weight excluding hydrogens is 625 g/mol. The fourth-order valence-electron chi connectivity index (χ4n) is 4.63. The number of pyridine rings is 1. The third-order valence-electron chi connectivity index (χ3n) is 7.03. The van der Waals surface area contributed by atoms with E-state index < -0.39 is 24.1 Å². The van der Waals surface area contributed by atoms with E-state index in [4.69, 9.17) is 4.74 Å². The van der Waals surface area contributed by atoms with E-state index in [-0.39, 0.29) is 23.8 Å². The Morgan fingerprint density at radius 3 is 2.26 bits per heavy atom. The maximum Gasteiger partial charge on any atom is 0.233 e. The number of ether oxygens (including phenoxy) is 1. The molecule has 0 saturated heterocycles. The molecule has 0 atom stereocenters. The number of thiophene rings is 1. The highest BCUT2D eigenvalue weighted by Gasteiger charge is 2.16. The second-order valence-corrected chi connectivity index (χ2v) is 13.0. The Morgan fingerprint density at radius 2 is 1.59 bits per heavy atom. The van der Waals surface area contributed by atoms with Gasteiger partial charge in [0.2, 0.25) is 11.8 Å². The fourth-order valence-corrected chi connectivity index (χ4v) is 5.70. The number of carbonyl (C=O) groups is 2. The van der Waals surface area contributed by atoms with Crippen molar-refractivity contribution in [2.45, 2.75) is 13.0 Å². The van der Waals surface area contributed by atoms with Crippen LogP contribution < -0.4 is 27.8 Å². The molecule has 0 aliphatic rings. The topological polar surface area (TPSA) is 83.6 Å². The molecule has 240 valence electrons. The van der Waals surface area contributed by atoms with Crippen molar-refractivity contribution in [3.63, 3.8) is 0 Å². The van der Waals surface area contributed by atoms with Crippen molar-refractivity contribution in [3.8, 4) is 21.9 Å². The zero-order chi connectivity index (χ0) is 32.0. The first-order chi connectivity index (χ1) is 21.5. The van der Waals surface area contributed by atoms with Gasteiger partial charge in [-0.3, -0.25) is 19.5 Å². The van der Waals surface area contributed by atoms with Crippen LogP contribution in [0.15, 0.2) is 91.1 Å². The SMILES string of the molecule is CN(CC[N+](C)(C)C)Cc1ccc(-c2cc3nccc(Oc4ccc(NC(=O)CC(=O)Nc5ccccc5)cc4F)c3s2)cc1.[Cl-]. The number of quaternary nitrogens is 1. The summed E-state index contributed by atoms with van der Waals surface area (Å²) >= 11 is 1.53. The largest absolute Gasteiger partial charge is 1.00 e. The van der Waals surface area contributed by atoms with E-state index in [0.717, 1.165) is 44.8 Å². The number of aromatic nitrogens is 1. The summed E-state index contributed by atoms with van der Waals surface area (Å²) in [5, 5.41) is 5.21. The number of para-hydroxylation sites is 1. The molecule has 0 unspecified atom stereocenters. The number of halogens is 2. The smallest absolute Gasteiger partial charge is 0.233 e. The number of amides is 2. The number of nitrogens with one attached hydrogen (secondary N) is 2. The molecule has 0 aliphatic heterocycles. The van der Waals surface area contributed by atoms with Gasteiger partial charge in [-0.05, 0) is 48.5 Å². The molecule has 0 saturated carbocycles. The lowest BCUT2D eigenvalue weighted by Crippen LogP contribution is -3.00. The average molecular weight is 662 g/mol. The average Bonchev–Trinajstić information content (AvgIpc) is 3.43. The summed E-state index contributed by atoms with van der Waals surface area (Å²) in [6.07, 6.45) is 1.23. The summed E-state index contributed by atoms with van der Waals surface area (Å²) in [6, 6.07) is 25.2. The van der Waals surface area contributed by atoms with Gasteiger partial charge in [0.05, 0.1) is 37.9 Å². The monoisotopic (exact) mass is 661 g/mol. The zero-order valence-corrected chi connectivity index (χ0v) is 27.8.